The molecule has 0 aliphatic heterocycles. The smallest absolute Gasteiger partial charge is 0.326 e. The fraction of sp³-hybridized carbons (Fsp3) is 0.406. The number of nitrogens with zero attached hydrogens (tertiary/aromatic N) is 2. The normalized spacial score (nSPS) is 12.4. The van der Waals surface area contributed by atoms with Gasteiger partial charge in [0.2, 0.25) is 0 Å². The Kier molecular flexibility index (Phi) is 12.6. The summed E-state index contributed by atoms with van der Waals surface area (Å²) in [4.78, 5) is 17.1. The van der Waals surface area contributed by atoms with Gasteiger partial charge in [-0.2, -0.15) is 5.26 Å². The highest BCUT2D eigenvalue weighted by atomic mass is 35.5. The lowest BCUT2D eigenvalue weighted by atomic mass is 10.1. The van der Waals surface area contributed by atoms with E-state index in [1.165, 1.54) is 6.20 Å². The average molecular weight is 581 g/mol. The summed E-state index contributed by atoms with van der Waals surface area (Å²) in [7, 11) is 0. The Morgan fingerprint density at radius 1 is 1.12 bits per heavy atom. The molecule has 2 N–H and O–H groups in total. The van der Waals surface area contributed by atoms with Crippen LogP contribution >= 0.6 is 11.6 Å². The number of pyridine rings is 1. The molecular formula is C32H41ClN4O4. The van der Waals surface area contributed by atoms with Crippen LogP contribution in [-0.4, -0.2) is 34.8 Å². The monoisotopic (exact) mass is 580 g/mol. The maximum atomic E-state index is 13.0. The van der Waals surface area contributed by atoms with Crippen LogP contribution in [0.2, 0.25) is 5.02 Å². The van der Waals surface area contributed by atoms with E-state index in [1.54, 1.807) is 24.4 Å². The van der Waals surface area contributed by atoms with E-state index in [0.717, 1.165) is 16.7 Å². The van der Waals surface area contributed by atoms with Crippen molar-refractivity contribution >= 4 is 17.6 Å². The van der Waals surface area contributed by atoms with Crippen molar-refractivity contribution in [3.05, 3.63) is 95.0 Å². The number of rotatable bonds is 14. The molecule has 0 unspecified atom stereocenters. The Morgan fingerprint density at radius 2 is 1.85 bits per heavy atom. The molecule has 0 saturated carbocycles. The van der Waals surface area contributed by atoms with Gasteiger partial charge in [0.25, 0.3) is 0 Å². The molecule has 0 saturated heterocycles. The fourth-order valence-corrected chi connectivity index (χ4v) is 3.69. The first-order chi connectivity index (χ1) is 19.2. The molecule has 0 bridgehead atoms. The van der Waals surface area contributed by atoms with Crippen molar-refractivity contribution in [1.29, 1.82) is 5.26 Å². The van der Waals surface area contributed by atoms with E-state index in [4.69, 9.17) is 25.8 Å². The van der Waals surface area contributed by atoms with Gasteiger partial charge in [0, 0.05) is 47.3 Å². The number of ether oxygens (including phenoxy) is 3. The molecule has 1 aromatic heterocycles. The van der Waals surface area contributed by atoms with Gasteiger partial charge in [-0.15, -0.1) is 0 Å². The summed E-state index contributed by atoms with van der Waals surface area (Å²) >= 11 is 6.68. The van der Waals surface area contributed by atoms with Crippen LogP contribution in [0.25, 0.3) is 0 Å². The Hall–Kier alpha value is -3.64. The van der Waals surface area contributed by atoms with Crippen molar-refractivity contribution < 1.29 is 19.0 Å². The predicted octanol–water partition coefficient (Wildman–Crippen LogP) is 6.15. The molecule has 220 valence electrons. The summed E-state index contributed by atoms with van der Waals surface area (Å²) in [6.45, 7) is 19.9. The first-order valence-corrected chi connectivity index (χ1v) is 13.7. The molecule has 0 spiro atoms. The zero-order valence-corrected chi connectivity index (χ0v) is 25.6. The van der Waals surface area contributed by atoms with Crippen molar-refractivity contribution in [3.8, 4) is 11.8 Å². The number of nitrogens with one attached hydrogen (secondary N) is 2. The quantitative estimate of drug-likeness (QED) is 0.203. The summed E-state index contributed by atoms with van der Waals surface area (Å²) in [5, 5.41) is 16.2. The number of nitriles is 1. The van der Waals surface area contributed by atoms with Gasteiger partial charge < -0.3 is 19.5 Å². The lowest BCUT2D eigenvalue weighted by molar-refractivity contribution is -0.160. The van der Waals surface area contributed by atoms with Gasteiger partial charge in [0.1, 0.15) is 30.1 Å². The molecule has 1 heterocycles. The van der Waals surface area contributed by atoms with Crippen molar-refractivity contribution in [2.45, 2.75) is 78.5 Å². The van der Waals surface area contributed by atoms with E-state index in [9.17, 15) is 10.1 Å². The second-order valence-electron chi connectivity index (χ2n) is 11.4. The molecule has 2 aromatic rings. The summed E-state index contributed by atoms with van der Waals surface area (Å²) < 4.78 is 17.8. The van der Waals surface area contributed by atoms with Crippen LogP contribution in [0.1, 0.15) is 63.8 Å². The van der Waals surface area contributed by atoms with Crippen LogP contribution in [-0.2, 0) is 34.0 Å². The second-order valence-corrected chi connectivity index (χ2v) is 11.8. The van der Waals surface area contributed by atoms with Gasteiger partial charge in [-0.3, -0.25) is 15.1 Å². The zero-order chi connectivity index (χ0) is 30.6. The van der Waals surface area contributed by atoms with Crippen LogP contribution in [0, 0.1) is 11.3 Å². The van der Waals surface area contributed by atoms with E-state index in [0.29, 0.717) is 28.6 Å². The highest BCUT2D eigenvalue weighted by molar-refractivity contribution is 6.31. The van der Waals surface area contributed by atoms with Gasteiger partial charge in [-0.05, 0) is 71.4 Å². The Labute approximate surface area is 249 Å². The first kappa shape index (κ1) is 33.6. The van der Waals surface area contributed by atoms with Crippen molar-refractivity contribution in [3.63, 3.8) is 0 Å². The number of allylic oxidation sites excluding steroid dienone is 3. The maximum Gasteiger partial charge on any atom is 0.326 e. The lowest BCUT2D eigenvalue weighted by Crippen LogP contribution is -2.45. The SMILES string of the molecule is C=C/C=C\C(=C)NCc1cc(OCc2cncc(C#N)c2)c(CN[C@@H](COC(C)(C)C)C(=O)OC(C)(C)C)cc1Cl. The molecule has 0 aliphatic carbocycles. The molecule has 8 nitrogen and oxygen atoms in total. The van der Waals surface area contributed by atoms with E-state index in [-0.39, 0.29) is 19.8 Å². The number of esters is 1. The van der Waals surface area contributed by atoms with E-state index >= 15 is 0 Å². The van der Waals surface area contributed by atoms with E-state index in [2.05, 4.69) is 34.8 Å². The minimum absolute atomic E-state index is 0.122. The number of hydrogen-bond acceptors (Lipinski definition) is 8. The second kappa shape index (κ2) is 15.4. The summed E-state index contributed by atoms with van der Waals surface area (Å²) in [6.07, 6.45) is 8.40. The molecule has 1 atom stereocenters. The fourth-order valence-electron chi connectivity index (χ4n) is 3.43. The largest absolute Gasteiger partial charge is 0.489 e. The molecule has 0 fully saturated rings. The van der Waals surface area contributed by atoms with Gasteiger partial charge in [-0.25, -0.2) is 0 Å². The van der Waals surface area contributed by atoms with Crippen LogP contribution in [0.5, 0.6) is 5.75 Å². The van der Waals surface area contributed by atoms with Crippen LogP contribution in [0.4, 0.5) is 0 Å². The molecule has 2 rings (SSSR count). The minimum atomic E-state index is -0.724. The van der Waals surface area contributed by atoms with Gasteiger partial charge in [-0.1, -0.05) is 36.9 Å². The lowest BCUT2D eigenvalue weighted by Gasteiger charge is -2.27. The predicted molar refractivity (Wildman–Crippen MR) is 162 cm³/mol. The third-order valence-electron chi connectivity index (χ3n) is 5.40. The molecule has 41 heavy (non-hydrogen) atoms. The number of carbonyl (C=O) groups excluding carboxylic acids is 1. The van der Waals surface area contributed by atoms with E-state index < -0.39 is 23.2 Å². The number of hydrogen-bond donors (Lipinski definition) is 2. The molecule has 9 heteroatoms. The highest BCUT2D eigenvalue weighted by Gasteiger charge is 2.27. The number of aromatic nitrogens is 1. The molecule has 0 amide bonds. The Bertz CT molecular complexity index is 1290. The topological polar surface area (TPSA) is 106 Å². The molecule has 0 aliphatic rings. The van der Waals surface area contributed by atoms with Crippen LogP contribution in [0.3, 0.4) is 0 Å². The first-order valence-electron chi connectivity index (χ1n) is 13.3. The Morgan fingerprint density at radius 3 is 2.49 bits per heavy atom. The standard InChI is InChI=1S/C32H41ClN4O4/c1-9-10-11-22(2)36-18-25-14-29(39-20-24-12-23(15-34)16-35-17-24)26(13-27(25)33)19-37-28(21-40-31(3,4)5)30(38)41-32(6,7)8/h9-14,16-17,28,36-37H,1-2,18-21H2,3-8H3/b11-10-/t28-/m0/s1. The summed E-state index contributed by atoms with van der Waals surface area (Å²) in [5.41, 5.74) is 2.32. The van der Waals surface area contributed by atoms with Crippen molar-refractivity contribution in [2.24, 2.45) is 0 Å². The maximum absolute atomic E-state index is 13.0. The third-order valence-corrected chi connectivity index (χ3v) is 5.75. The number of benzene rings is 1. The van der Waals surface area contributed by atoms with Crippen molar-refractivity contribution in [2.75, 3.05) is 6.61 Å². The Balaban J connectivity index is 2.33. The summed E-state index contributed by atoms with van der Waals surface area (Å²) in [5.74, 6) is 0.148. The van der Waals surface area contributed by atoms with Gasteiger partial charge in [0.05, 0.1) is 17.8 Å². The average Bonchev–Trinajstić information content (AvgIpc) is 2.89. The zero-order valence-electron chi connectivity index (χ0n) is 24.8. The highest BCUT2D eigenvalue weighted by Crippen LogP contribution is 2.29. The number of halogens is 1. The van der Waals surface area contributed by atoms with Crippen LogP contribution < -0.4 is 15.4 Å². The van der Waals surface area contributed by atoms with Gasteiger partial charge in [0.15, 0.2) is 0 Å². The molecule has 0 radical (unpaired) electrons. The minimum Gasteiger partial charge on any atom is -0.489 e. The van der Waals surface area contributed by atoms with Crippen LogP contribution in [0.15, 0.2) is 67.7 Å². The summed E-state index contributed by atoms with van der Waals surface area (Å²) in [6, 6.07) is 6.75. The third kappa shape index (κ3) is 12.6. The van der Waals surface area contributed by atoms with E-state index in [1.807, 2.05) is 59.8 Å². The molecule has 1 aromatic carbocycles. The van der Waals surface area contributed by atoms with Gasteiger partial charge >= 0.3 is 5.97 Å². The van der Waals surface area contributed by atoms with Crippen molar-refractivity contribution in [1.82, 2.24) is 15.6 Å². The number of carbonyl (C=O) groups is 1. The molecular weight excluding hydrogens is 540 g/mol.